The van der Waals surface area contributed by atoms with Crippen LogP contribution in [0.5, 0.6) is 0 Å². The molecule has 0 saturated carbocycles. The van der Waals surface area contributed by atoms with Gasteiger partial charge in [0.2, 0.25) is 10.0 Å². The molecule has 35 heavy (non-hydrogen) atoms. The van der Waals surface area contributed by atoms with Crippen molar-refractivity contribution >= 4 is 39.1 Å². The van der Waals surface area contributed by atoms with Crippen LogP contribution in [-0.4, -0.2) is 41.1 Å². The Hall–Kier alpha value is -3.01. The van der Waals surface area contributed by atoms with Gasteiger partial charge in [-0.3, -0.25) is 4.79 Å². The number of aliphatic carboxylic acids is 1. The van der Waals surface area contributed by atoms with Crippen molar-refractivity contribution in [1.82, 2.24) is 4.31 Å². The summed E-state index contributed by atoms with van der Waals surface area (Å²) in [4.78, 5) is 10.7. The van der Waals surface area contributed by atoms with Crippen molar-refractivity contribution in [3.8, 4) is 0 Å². The van der Waals surface area contributed by atoms with Gasteiger partial charge in [0, 0.05) is 13.1 Å². The van der Waals surface area contributed by atoms with E-state index in [9.17, 15) is 18.3 Å². The zero-order valence-corrected chi connectivity index (χ0v) is 20.9. The highest BCUT2D eigenvalue weighted by molar-refractivity contribution is 8.00. The molecule has 0 saturated heterocycles. The van der Waals surface area contributed by atoms with Crippen LogP contribution in [0.2, 0.25) is 0 Å². The van der Waals surface area contributed by atoms with Crippen LogP contribution < -0.4 is 10.6 Å². The van der Waals surface area contributed by atoms with Gasteiger partial charge in [-0.2, -0.15) is 4.31 Å². The summed E-state index contributed by atoms with van der Waals surface area (Å²) in [5, 5.41) is 16.1. The predicted octanol–water partition coefficient (Wildman–Crippen LogP) is 4.81. The smallest absolute Gasteiger partial charge is 0.308 e. The van der Waals surface area contributed by atoms with E-state index in [4.69, 9.17) is 0 Å². The van der Waals surface area contributed by atoms with E-state index in [2.05, 4.69) is 10.6 Å². The lowest BCUT2D eigenvalue weighted by atomic mass is 10.2. The fraction of sp³-hybridized carbons (Fsp3) is 0.269. The Balaban J connectivity index is 1.43. The zero-order chi connectivity index (χ0) is 24.7. The summed E-state index contributed by atoms with van der Waals surface area (Å²) in [6.45, 7) is 0.635. The first-order chi connectivity index (χ1) is 16.9. The summed E-state index contributed by atoms with van der Waals surface area (Å²) >= 11 is 1.45. The molecule has 0 unspecified atom stereocenters. The van der Waals surface area contributed by atoms with Gasteiger partial charge in [0.15, 0.2) is 4.99 Å². The van der Waals surface area contributed by atoms with Crippen LogP contribution in [0.1, 0.15) is 24.0 Å². The Kier molecular flexibility index (Phi) is 8.00. The third kappa shape index (κ3) is 6.78. The van der Waals surface area contributed by atoms with E-state index in [0.717, 1.165) is 22.5 Å². The average Bonchev–Trinajstić information content (AvgIpc) is 3.19. The summed E-state index contributed by atoms with van der Waals surface area (Å²) in [5.41, 5.74) is 3.39. The maximum atomic E-state index is 13.3. The van der Waals surface area contributed by atoms with E-state index in [-0.39, 0.29) is 12.2 Å². The second kappa shape index (κ2) is 11.2. The SMILES string of the molecule is O=C(O)CC1(SCCCN(Cc2ccccc2)S(=O)(=O)Cc2ccccc2)Nc2ccccc2N1. The van der Waals surface area contributed by atoms with Crippen molar-refractivity contribution in [3.63, 3.8) is 0 Å². The van der Waals surface area contributed by atoms with Crippen LogP contribution in [-0.2, 0) is 27.1 Å². The summed E-state index contributed by atoms with van der Waals surface area (Å²) in [6, 6.07) is 26.3. The quantitative estimate of drug-likeness (QED) is 0.300. The first-order valence-electron chi connectivity index (χ1n) is 11.4. The third-order valence-corrected chi connectivity index (χ3v) is 8.82. The van der Waals surface area contributed by atoms with Crippen LogP contribution in [0, 0.1) is 0 Å². The highest BCUT2D eigenvalue weighted by Crippen LogP contribution is 2.41. The maximum absolute atomic E-state index is 13.3. The molecular formula is C26H29N3O4S2. The van der Waals surface area contributed by atoms with Crippen molar-refractivity contribution in [1.29, 1.82) is 0 Å². The van der Waals surface area contributed by atoms with E-state index < -0.39 is 21.0 Å². The number of hydrogen-bond donors (Lipinski definition) is 3. The van der Waals surface area contributed by atoms with Crippen molar-refractivity contribution in [2.75, 3.05) is 22.9 Å². The van der Waals surface area contributed by atoms with Gasteiger partial charge in [-0.1, -0.05) is 72.8 Å². The normalized spacial score (nSPS) is 14.2. The second-order valence-electron chi connectivity index (χ2n) is 8.46. The number of sulfonamides is 1. The van der Waals surface area contributed by atoms with Gasteiger partial charge in [-0.15, -0.1) is 11.8 Å². The number of carboxylic acid groups (broad SMARTS) is 1. The number of rotatable bonds is 12. The molecule has 3 N–H and O–H groups in total. The van der Waals surface area contributed by atoms with Crippen LogP contribution in [0.15, 0.2) is 84.9 Å². The number of hydrogen-bond acceptors (Lipinski definition) is 6. The van der Waals surface area contributed by atoms with Crippen LogP contribution >= 0.6 is 11.8 Å². The molecule has 0 bridgehead atoms. The fourth-order valence-corrected chi connectivity index (χ4v) is 6.82. The monoisotopic (exact) mass is 511 g/mol. The van der Waals surface area contributed by atoms with E-state index in [1.54, 1.807) is 0 Å². The third-order valence-electron chi connectivity index (χ3n) is 5.69. The van der Waals surface area contributed by atoms with Gasteiger partial charge >= 0.3 is 5.97 Å². The van der Waals surface area contributed by atoms with Crippen LogP contribution in [0.25, 0.3) is 0 Å². The van der Waals surface area contributed by atoms with Crippen LogP contribution in [0.4, 0.5) is 11.4 Å². The Morgan fingerprint density at radius 1 is 0.857 bits per heavy atom. The second-order valence-corrected chi connectivity index (χ2v) is 11.8. The topological polar surface area (TPSA) is 98.7 Å². The molecule has 7 nitrogen and oxygen atoms in total. The fourth-order valence-electron chi connectivity index (χ4n) is 4.06. The standard InChI is InChI=1S/C26H29N3O4S2/c30-25(31)18-26(27-23-14-7-8-15-24(23)28-26)34-17-9-16-29(19-21-10-3-1-4-11-21)35(32,33)20-22-12-5-2-6-13-22/h1-8,10-15,27-28H,9,16-20H2,(H,30,31). The number of thioether (sulfide) groups is 1. The molecule has 0 aliphatic carbocycles. The highest BCUT2D eigenvalue weighted by Gasteiger charge is 2.38. The van der Waals surface area contributed by atoms with E-state index >= 15 is 0 Å². The predicted molar refractivity (Wildman–Crippen MR) is 142 cm³/mol. The van der Waals surface area contributed by atoms with Crippen molar-refractivity contribution in [3.05, 3.63) is 96.1 Å². The molecular weight excluding hydrogens is 482 g/mol. The highest BCUT2D eigenvalue weighted by atomic mass is 32.2. The number of fused-ring (bicyclic) bond motifs is 1. The van der Waals surface area contributed by atoms with E-state index in [0.29, 0.717) is 25.3 Å². The Labute approximate surface area is 210 Å². The van der Waals surface area contributed by atoms with Crippen molar-refractivity contribution < 1.29 is 18.3 Å². The number of carboxylic acids is 1. The Bertz CT molecular complexity index is 1210. The Morgan fingerprint density at radius 3 is 1.97 bits per heavy atom. The molecule has 1 heterocycles. The van der Waals surface area contributed by atoms with Gasteiger partial charge in [0.25, 0.3) is 0 Å². The van der Waals surface area contributed by atoms with Crippen LogP contribution in [0.3, 0.4) is 0 Å². The van der Waals surface area contributed by atoms with Gasteiger partial charge < -0.3 is 15.7 Å². The molecule has 184 valence electrons. The molecule has 1 aliphatic heterocycles. The number of nitrogens with one attached hydrogen (secondary N) is 2. The summed E-state index contributed by atoms with van der Waals surface area (Å²) in [7, 11) is -3.55. The molecule has 4 rings (SSSR count). The number of para-hydroxylation sites is 2. The Morgan fingerprint density at radius 2 is 1.40 bits per heavy atom. The molecule has 9 heteroatoms. The molecule has 0 spiro atoms. The lowest BCUT2D eigenvalue weighted by molar-refractivity contribution is -0.137. The average molecular weight is 512 g/mol. The van der Waals surface area contributed by atoms with Crippen molar-refractivity contribution in [2.24, 2.45) is 0 Å². The summed E-state index contributed by atoms with van der Waals surface area (Å²) < 4.78 is 28.2. The number of anilines is 2. The lowest BCUT2D eigenvalue weighted by Gasteiger charge is -2.29. The molecule has 3 aromatic rings. The van der Waals surface area contributed by atoms with E-state index in [1.807, 2.05) is 84.9 Å². The lowest BCUT2D eigenvalue weighted by Crippen LogP contribution is -2.41. The molecule has 0 fully saturated rings. The van der Waals surface area contributed by atoms with Gasteiger partial charge in [0.05, 0.1) is 23.5 Å². The molecule has 0 aromatic heterocycles. The molecule has 0 amide bonds. The van der Waals surface area contributed by atoms with Gasteiger partial charge in [-0.25, -0.2) is 8.42 Å². The minimum absolute atomic E-state index is 0.0603. The summed E-state index contributed by atoms with van der Waals surface area (Å²) in [5.74, 6) is -0.399. The first-order valence-corrected chi connectivity index (χ1v) is 14.0. The van der Waals surface area contributed by atoms with Gasteiger partial charge in [0.1, 0.15) is 0 Å². The molecule has 0 atom stereocenters. The number of nitrogens with zero attached hydrogens (tertiary/aromatic N) is 1. The van der Waals surface area contributed by atoms with E-state index in [1.165, 1.54) is 16.1 Å². The number of carbonyl (C=O) groups is 1. The largest absolute Gasteiger partial charge is 0.481 e. The van der Waals surface area contributed by atoms with Crippen molar-refractivity contribution in [2.45, 2.75) is 30.1 Å². The zero-order valence-electron chi connectivity index (χ0n) is 19.3. The molecule has 0 radical (unpaired) electrons. The minimum atomic E-state index is -3.55. The maximum Gasteiger partial charge on any atom is 0.308 e. The van der Waals surface area contributed by atoms with Gasteiger partial charge in [-0.05, 0) is 35.4 Å². The molecule has 3 aromatic carbocycles. The summed E-state index contributed by atoms with van der Waals surface area (Å²) in [6.07, 6.45) is 0.457. The molecule has 1 aliphatic rings. The number of benzene rings is 3. The first kappa shape index (κ1) is 25.1. The minimum Gasteiger partial charge on any atom is -0.481 e.